The number of benzene rings is 1. The van der Waals surface area contributed by atoms with Gasteiger partial charge in [-0.1, -0.05) is 78.4 Å². The molecule has 31 heavy (non-hydrogen) atoms. The molecule has 0 aliphatic carbocycles. The molecule has 1 fully saturated rings. The second-order valence-electron chi connectivity index (χ2n) is 7.25. The number of amides is 2. The van der Waals surface area contributed by atoms with Crippen LogP contribution in [0.1, 0.15) is 37.3 Å². The van der Waals surface area contributed by atoms with Gasteiger partial charge in [-0.3, -0.25) is 14.5 Å². The highest BCUT2D eigenvalue weighted by Crippen LogP contribution is 2.34. The van der Waals surface area contributed by atoms with Gasteiger partial charge in [0.15, 0.2) is 0 Å². The number of nitrogens with one attached hydrogen (secondary N) is 1. The van der Waals surface area contributed by atoms with Crippen molar-refractivity contribution in [3.05, 3.63) is 43.7 Å². The van der Waals surface area contributed by atoms with Crippen molar-refractivity contribution in [1.82, 2.24) is 15.1 Å². The molecule has 11 heteroatoms. The van der Waals surface area contributed by atoms with Crippen molar-refractivity contribution in [3.8, 4) is 0 Å². The van der Waals surface area contributed by atoms with E-state index in [4.69, 9.17) is 35.4 Å². The standard InChI is InChI=1S/C20H20Cl2N4O2S3/c1-11(2)8-17-24-25-19(31-17)23-16(27)4-3-7-26-18(28)15(30-20(26)29)9-12-5-6-13(21)10-14(12)22/h5-6,9-11H,3-4,7-8H2,1-2H3,(H,23,25,27)/b15-9-. The maximum atomic E-state index is 12.7. The number of nitrogens with zero attached hydrogens (tertiary/aromatic N) is 3. The highest BCUT2D eigenvalue weighted by molar-refractivity contribution is 8.26. The van der Waals surface area contributed by atoms with Gasteiger partial charge in [0, 0.05) is 29.4 Å². The topological polar surface area (TPSA) is 75.2 Å². The molecule has 0 spiro atoms. The van der Waals surface area contributed by atoms with E-state index in [0.29, 0.717) is 48.8 Å². The molecule has 0 bridgehead atoms. The third-order valence-corrected chi connectivity index (χ3v) is 7.01. The number of rotatable bonds is 8. The van der Waals surface area contributed by atoms with E-state index >= 15 is 0 Å². The van der Waals surface area contributed by atoms with Crippen LogP contribution in [0.2, 0.25) is 10.0 Å². The van der Waals surface area contributed by atoms with E-state index in [0.717, 1.165) is 11.4 Å². The Hall–Kier alpha value is -1.52. The van der Waals surface area contributed by atoms with Crippen LogP contribution < -0.4 is 5.32 Å². The molecular weight excluding hydrogens is 495 g/mol. The number of hydrogen-bond acceptors (Lipinski definition) is 7. The summed E-state index contributed by atoms with van der Waals surface area (Å²) in [6.07, 6.45) is 3.26. The number of carbonyl (C=O) groups is 2. The number of thioether (sulfide) groups is 1. The van der Waals surface area contributed by atoms with E-state index in [2.05, 4.69) is 29.4 Å². The van der Waals surface area contributed by atoms with E-state index in [-0.39, 0.29) is 18.2 Å². The normalized spacial score (nSPS) is 15.4. The van der Waals surface area contributed by atoms with Gasteiger partial charge in [0.05, 0.1) is 4.91 Å². The molecular formula is C20H20Cl2N4O2S3. The first kappa shape index (κ1) is 24.1. The first-order valence-corrected chi connectivity index (χ1v) is 12.4. The molecule has 0 saturated carbocycles. The van der Waals surface area contributed by atoms with E-state index < -0.39 is 0 Å². The van der Waals surface area contributed by atoms with E-state index in [1.807, 2.05) is 0 Å². The van der Waals surface area contributed by atoms with Crippen LogP contribution in [0, 0.1) is 5.92 Å². The maximum absolute atomic E-state index is 12.7. The van der Waals surface area contributed by atoms with Crippen LogP contribution in [0.15, 0.2) is 23.1 Å². The highest BCUT2D eigenvalue weighted by Gasteiger charge is 2.31. The number of carbonyl (C=O) groups excluding carboxylic acids is 2. The van der Waals surface area contributed by atoms with Crippen molar-refractivity contribution < 1.29 is 9.59 Å². The molecule has 1 aromatic heterocycles. The molecule has 1 aliphatic heterocycles. The van der Waals surface area contributed by atoms with Gasteiger partial charge >= 0.3 is 0 Å². The molecule has 1 aromatic carbocycles. The monoisotopic (exact) mass is 514 g/mol. The lowest BCUT2D eigenvalue weighted by Gasteiger charge is -2.13. The predicted molar refractivity (Wildman–Crippen MR) is 133 cm³/mol. The zero-order valence-electron chi connectivity index (χ0n) is 16.9. The van der Waals surface area contributed by atoms with Gasteiger partial charge in [-0.2, -0.15) is 0 Å². The zero-order valence-corrected chi connectivity index (χ0v) is 20.8. The minimum atomic E-state index is -0.191. The summed E-state index contributed by atoms with van der Waals surface area (Å²) in [7, 11) is 0. The molecule has 1 N–H and O–H groups in total. The molecule has 6 nitrogen and oxygen atoms in total. The Morgan fingerprint density at radius 1 is 1.32 bits per heavy atom. The number of thiocarbonyl (C=S) groups is 1. The van der Waals surface area contributed by atoms with Crippen LogP contribution in [0.3, 0.4) is 0 Å². The molecule has 0 radical (unpaired) electrons. The van der Waals surface area contributed by atoms with Crippen LogP contribution in [0.25, 0.3) is 6.08 Å². The van der Waals surface area contributed by atoms with Crippen molar-refractivity contribution in [2.45, 2.75) is 33.1 Å². The van der Waals surface area contributed by atoms with Crippen molar-refractivity contribution in [3.63, 3.8) is 0 Å². The van der Waals surface area contributed by atoms with Gasteiger partial charge in [0.1, 0.15) is 9.33 Å². The van der Waals surface area contributed by atoms with E-state index in [1.165, 1.54) is 28.0 Å². The third-order valence-electron chi connectivity index (χ3n) is 4.20. The second kappa shape index (κ2) is 10.9. The van der Waals surface area contributed by atoms with Crippen molar-refractivity contribution in [2.75, 3.05) is 11.9 Å². The molecule has 1 saturated heterocycles. The average Bonchev–Trinajstić information content (AvgIpc) is 3.22. The van der Waals surface area contributed by atoms with Crippen molar-refractivity contribution in [1.29, 1.82) is 0 Å². The van der Waals surface area contributed by atoms with Crippen LogP contribution in [0.4, 0.5) is 5.13 Å². The fourth-order valence-electron chi connectivity index (χ4n) is 2.77. The minimum absolute atomic E-state index is 0.166. The van der Waals surface area contributed by atoms with E-state index in [1.54, 1.807) is 24.3 Å². The molecule has 164 valence electrons. The second-order valence-corrected chi connectivity index (χ2v) is 10.8. The van der Waals surface area contributed by atoms with Crippen LogP contribution in [-0.2, 0) is 16.0 Å². The van der Waals surface area contributed by atoms with Crippen molar-refractivity contribution in [2.24, 2.45) is 5.92 Å². The van der Waals surface area contributed by atoms with Gasteiger partial charge in [-0.25, -0.2) is 0 Å². The Bertz CT molecular complexity index is 1040. The molecule has 0 unspecified atom stereocenters. The first-order chi connectivity index (χ1) is 14.7. The Balaban J connectivity index is 1.51. The molecule has 2 aromatic rings. The van der Waals surface area contributed by atoms with Gasteiger partial charge in [0.25, 0.3) is 5.91 Å². The fourth-order valence-corrected chi connectivity index (χ4v) is 5.50. The number of hydrogen-bond donors (Lipinski definition) is 1. The molecule has 3 rings (SSSR count). The summed E-state index contributed by atoms with van der Waals surface area (Å²) in [6, 6.07) is 5.09. The highest BCUT2D eigenvalue weighted by atomic mass is 35.5. The summed E-state index contributed by atoms with van der Waals surface area (Å²) in [5.41, 5.74) is 0.694. The van der Waals surface area contributed by atoms with Gasteiger partial charge < -0.3 is 5.32 Å². The van der Waals surface area contributed by atoms with Gasteiger partial charge in [0.2, 0.25) is 11.0 Å². The molecule has 1 aliphatic rings. The largest absolute Gasteiger partial charge is 0.301 e. The molecule has 2 amide bonds. The van der Waals surface area contributed by atoms with Crippen LogP contribution in [-0.4, -0.2) is 37.8 Å². The molecule has 2 heterocycles. The fraction of sp³-hybridized carbons (Fsp3) is 0.350. The Labute approximate surface area is 204 Å². The Morgan fingerprint density at radius 2 is 2.10 bits per heavy atom. The summed E-state index contributed by atoms with van der Waals surface area (Å²) in [5.74, 6) is 0.121. The number of aromatic nitrogens is 2. The molecule has 0 atom stereocenters. The summed E-state index contributed by atoms with van der Waals surface area (Å²) < 4.78 is 0.462. The van der Waals surface area contributed by atoms with Crippen LogP contribution in [0.5, 0.6) is 0 Å². The zero-order chi connectivity index (χ0) is 22.5. The van der Waals surface area contributed by atoms with Crippen LogP contribution >= 0.6 is 58.5 Å². The Kier molecular flexibility index (Phi) is 8.46. The summed E-state index contributed by atoms with van der Waals surface area (Å²) in [5, 5.41) is 13.2. The van der Waals surface area contributed by atoms with Gasteiger partial charge in [-0.05, 0) is 36.1 Å². The third kappa shape index (κ3) is 6.73. The summed E-state index contributed by atoms with van der Waals surface area (Å²) >= 11 is 20.1. The smallest absolute Gasteiger partial charge is 0.266 e. The van der Waals surface area contributed by atoms with Crippen molar-refractivity contribution >= 4 is 85.9 Å². The lowest BCUT2D eigenvalue weighted by Crippen LogP contribution is -2.29. The summed E-state index contributed by atoms with van der Waals surface area (Å²) in [4.78, 5) is 26.9. The van der Waals surface area contributed by atoms with Gasteiger partial charge in [-0.15, -0.1) is 10.2 Å². The SMILES string of the molecule is CC(C)Cc1nnc(NC(=O)CCCN2C(=O)/C(=C/c3ccc(Cl)cc3Cl)SC2=S)s1. The predicted octanol–water partition coefficient (Wildman–Crippen LogP) is 5.66. The lowest BCUT2D eigenvalue weighted by molar-refractivity contribution is -0.122. The summed E-state index contributed by atoms with van der Waals surface area (Å²) in [6.45, 7) is 4.57. The first-order valence-electron chi connectivity index (χ1n) is 9.55. The minimum Gasteiger partial charge on any atom is -0.301 e. The number of anilines is 1. The average molecular weight is 516 g/mol. The number of halogens is 2. The quantitative estimate of drug-likeness (QED) is 0.361. The maximum Gasteiger partial charge on any atom is 0.266 e. The lowest BCUT2D eigenvalue weighted by atomic mass is 10.1. The van der Waals surface area contributed by atoms with E-state index in [9.17, 15) is 9.59 Å². The Morgan fingerprint density at radius 3 is 2.81 bits per heavy atom.